The Bertz CT molecular complexity index is 761. The van der Waals surface area contributed by atoms with Crippen LogP contribution in [0.5, 0.6) is 0 Å². The lowest BCUT2D eigenvalue weighted by atomic mass is 9.75. The van der Waals surface area contributed by atoms with E-state index in [-0.39, 0.29) is 0 Å². The van der Waals surface area contributed by atoms with Crippen molar-refractivity contribution in [3.8, 4) is 0 Å². The van der Waals surface area contributed by atoms with E-state index >= 15 is 0 Å². The van der Waals surface area contributed by atoms with Gasteiger partial charge in [0, 0.05) is 5.92 Å². The third-order valence-corrected chi connectivity index (χ3v) is 12.8. The quantitative estimate of drug-likeness (QED) is 0.0477. The zero-order valence-electron chi connectivity index (χ0n) is 35.7. The van der Waals surface area contributed by atoms with Crippen LogP contribution in [0, 0.1) is 5.92 Å². The normalized spacial score (nSPS) is 12.9. The molecule has 1 aromatic carbocycles. The minimum Gasteiger partial charge on any atom is -0.319 e. The fraction of sp³-hybridized carbons (Fsp3) is 0.878. The summed E-state index contributed by atoms with van der Waals surface area (Å²) in [5.74, 6) is 0.744. The first-order valence-electron chi connectivity index (χ1n) is 23.4. The van der Waals surface area contributed by atoms with Gasteiger partial charge >= 0.3 is 0 Å². The van der Waals surface area contributed by atoms with E-state index in [9.17, 15) is 0 Å². The number of rotatable bonds is 38. The standard InChI is InChI=1S/C49H94N/c1-7-11-15-19-23-26-30-37-43-50(44-38-31-27-24-20-16-12-8-2,45-39-32-28-25-21-17-13-9-3)49(5,6)48(42-36-29-22-18-14-10-4)46-47-40-34-33-35-41-47/h33-35,40-41,48H,7-32,36-39,42-46H2,1-6H3/q+1. The average molecular weight is 697 g/mol. The van der Waals surface area contributed by atoms with Crippen LogP contribution in [0.2, 0.25) is 0 Å². The second kappa shape index (κ2) is 32.8. The predicted molar refractivity (Wildman–Crippen MR) is 228 cm³/mol. The van der Waals surface area contributed by atoms with Gasteiger partial charge in [0.05, 0.1) is 25.2 Å². The van der Waals surface area contributed by atoms with Crippen molar-refractivity contribution >= 4 is 0 Å². The summed E-state index contributed by atoms with van der Waals surface area (Å²) in [6.45, 7) is 19.1. The minimum absolute atomic E-state index is 0.294. The topological polar surface area (TPSA) is 0 Å². The van der Waals surface area contributed by atoms with Crippen LogP contribution in [0.4, 0.5) is 0 Å². The lowest BCUT2D eigenvalue weighted by Gasteiger charge is -2.55. The number of quaternary nitrogens is 1. The molecule has 0 aliphatic carbocycles. The molecule has 0 bridgehead atoms. The Hall–Kier alpha value is -0.820. The van der Waals surface area contributed by atoms with Crippen LogP contribution in [-0.4, -0.2) is 29.7 Å². The summed E-state index contributed by atoms with van der Waals surface area (Å²) in [6, 6.07) is 11.6. The second-order valence-electron chi connectivity index (χ2n) is 17.3. The van der Waals surface area contributed by atoms with Crippen LogP contribution in [0.3, 0.4) is 0 Å². The highest BCUT2D eigenvalue weighted by molar-refractivity contribution is 5.16. The lowest BCUT2D eigenvalue weighted by molar-refractivity contribution is -0.977. The maximum absolute atomic E-state index is 2.76. The average Bonchev–Trinajstić information content (AvgIpc) is 3.12. The molecule has 50 heavy (non-hydrogen) atoms. The van der Waals surface area contributed by atoms with Gasteiger partial charge in [-0.3, -0.25) is 0 Å². The largest absolute Gasteiger partial charge is 0.319 e. The smallest absolute Gasteiger partial charge is 0.0967 e. The van der Waals surface area contributed by atoms with Crippen molar-refractivity contribution in [2.45, 2.75) is 253 Å². The number of nitrogens with zero attached hydrogens (tertiary/aromatic N) is 1. The highest BCUT2D eigenvalue weighted by atomic mass is 15.4. The molecule has 1 aromatic rings. The van der Waals surface area contributed by atoms with Crippen LogP contribution in [0.25, 0.3) is 0 Å². The van der Waals surface area contributed by atoms with Gasteiger partial charge in [-0.05, 0) is 70.8 Å². The molecule has 1 heteroatoms. The van der Waals surface area contributed by atoms with Crippen molar-refractivity contribution in [1.29, 1.82) is 0 Å². The molecule has 0 fully saturated rings. The molecule has 0 radical (unpaired) electrons. The molecule has 1 atom stereocenters. The van der Waals surface area contributed by atoms with Crippen molar-refractivity contribution in [3.63, 3.8) is 0 Å². The molecular formula is C49H94N+. The monoisotopic (exact) mass is 697 g/mol. The molecule has 0 amide bonds. The van der Waals surface area contributed by atoms with Gasteiger partial charge in [0.1, 0.15) is 0 Å². The van der Waals surface area contributed by atoms with Gasteiger partial charge in [-0.15, -0.1) is 0 Å². The Morgan fingerprint density at radius 2 is 0.700 bits per heavy atom. The minimum atomic E-state index is 0.294. The summed E-state index contributed by atoms with van der Waals surface area (Å²) in [7, 11) is 0. The van der Waals surface area contributed by atoms with E-state index in [0.29, 0.717) is 5.54 Å². The van der Waals surface area contributed by atoms with Gasteiger partial charge in [0.25, 0.3) is 0 Å². The Kier molecular flexibility index (Phi) is 31.0. The van der Waals surface area contributed by atoms with Crippen molar-refractivity contribution in [2.24, 2.45) is 5.92 Å². The first kappa shape index (κ1) is 47.2. The van der Waals surface area contributed by atoms with Gasteiger partial charge < -0.3 is 4.48 Å². The van der Waals surface area contributed by atoms with Crippen molar-refractivity contribution < 1.29 is 4.48 Å². The second-order valence-corrected chi connectivity index (χ2v) is 17.3. The van der Waals surface area contributed by atoms with E-state index in [0.717, 1.165) is 5.92 Å². The first-order chi connectivity index (χ1) is 24.5. The van der Waals surface area contributed by atoms with Crippen molar-refractivity contribution in [1.82, 2.24) is 0 Å². The molecule has 0 aromatic heterocycles. The Morgan fingerprint density at radius 3 is 1.04 bits per heavy atom. The van der Waals surface area contributed by atoms with Crippen LogP contribution in [0.1, 0.15) is 246 Å². The van der Waals surface area contributed by atoms with Crippen LogP contribution < -0.4 is 0 Å². The highest BCUT2D eigenvalue weighted by Gasteiger charge is 2.47. The summed E-state index contributed by atoms with van der Waals surface area (Å²) in [5, 5.41) is 0. The van der Waals surface area contributed by atoms with Gasteiger partial charge in [0.2, 0.25) is 0 Å². The Balaban J connectivity index is 3.21. The van der Waals surface area contributed by atoms with E-state index in [1.165, 1.54) is 230 Å². The third-order valence-electron chi connectivity index (χ3n) is 12.8. The fourth-order valence-electron chi connectivity index (χ4n) is 9.01. The van der Waals surface area contributed by atoms with E-state index in [1.54, 1.807) is 5.56 Å². The highest BCUT2D eigenvalue weighted by Crippen LogP contribution is 2.39. The van der Waals surface area contributed by atoms with E-state index in [4.69, 9.17) is 0 Å². The fourth-order valence-corrected chi connectivity index (χ4v) is 9.01. The molecule has 0 heterocycles. The molecule has 0 saturated heterocycles. The molecule has 0 spiro atoms. The zero-order chi connectivity index (χ0) is 36.4. The van der Waals surface area contributed by atoms with E-state index in [2.05, 4.69) is 71.9 Å². The third kappa shape index (κ3) is 22.3. The van der Waals surface area contributed by atoms with Gasteiger partial charge in [-0.25, -0.2) is 0 Å². The maximum Gasteiger partial charge on any atom is 0.0967 e. The molecule has 0 aliphatic rings. The molecule has 0 N–H and O–H groups in total. The molecule has 1 unspecified atom stereocenters. The molecule has 1 nitrogen and oxygen atoms in total. The number of hydrogen-bond donors (Lipinski definition) is 0. The summed E-state index contributed by atoms with van der Waals surface area (Å²) < 4.78 is 1.39. The summed E-state index contributed by atoms with van der Waals surface area (Å²) >= 11 is 0. The maximum atomic E-state index is 2.76. The van der Waals surface area contributed by atoms with Crippen molar-refractivity contribution in [3.05, 3.63) is 35.9 Å². The first-order valence-corrected chi connectivity index (χ1v) is 23.4. The summed E-state index contributed by atoms with van der Waals surface area (Å²) in [6.07, 6.45) is 45.5. The predicted octanol–water partition coefficient (Wildman–Crippen LogP) is 16.6. The van der Waals surface area contributed by atoms with Gasteiger partial charge in [-0.1, -0.05) is 212 Å². The number of benzene rings is 1. The van der Waals surface area contributed by atoms with E-state index in [1.807, 2.05) is 0 Å². The Morgan fingerprint density at radius 1 is 0.400 bits per heavy atom. The molecule has 1 rings (SSSR count). The van der Waals surface area contributed by atoms with Crippen molar-refractivity contribution in [2.75, 3.05) is 19.6 Å². The number of hydrogen-bond acceptors (Lipinski definition) is 0. The van der Waals surface area contributed by atoms with Gasteiger partial charge in [-0.2, -0.15) is 0 Å². The number of unbranched alkanes of at least 4 members (excludes halogenated alkanes) is 26. The Labute approximate surface area is 317 Å². The SMILES string of the molecule is CCCCCCCCCC[N+](CCCCCCCCCC)(CCCCCCCCCC)C(C)(C)C(CCCCCCCC)Cc1ccccc1. The summed E-state index contributed by atoms with van der Waals surface area (Å²) in [4.78, 5) is 0. The molecule has 294 valence electrons. The van der Waals surface area contributed by atoms with Crippen LogP contribution >= 0.6 is 0 Å². The molecule has 0 aliphatic heterocycles. The van der Waals surface area contributed by atoms with Crippen LogP contribution in [0.15, 0.2) is 30.3 Å². The van der Waals surface area contributed by atoms with E-state index < -0.39 is 0 Å². The van der Waals surface area contributed by atoms with Gasteiger partial charge in [0.15, 0.2) is 0 Å². The van der Waals surface area contributed by atoms with Crippen LogP contribution in [-0.2, 0) is 6.42 Å². The molecular weight excluding hydrogens is 603 g/mol. The summed E-state index contributed by atoms with van der Waals surface area (Å²) in [5.41, 5.74) is 1.86. The lowest BCUT2D eigenvalue weighted by Crippen LogP contribution is -2.66. The zero-order valence-corrected chi connectivity index (χ0v) is 35.7. The molecule has 0 saturated carbocycles.